The van der Waals surface area contributed by atoms with Gasteiger partial charge in [-0.15, -0.1) is 0 Å². The minimum atomic E-state index is 0.430. The Hall–Kier alpha value is -2.44. The molecular formula is C16H23N7. The fraction of sp³-hybridized carbons (Fsp3) is 0.500. The molecule has 0 aromatic carbocycles. The number of nitrogens with zero attached hydrogens (tertiary/aromatic N) is 6. The maximum absolute atomic E-state index is 4.51. The summed E-state index contributed by atoms with van der Waals surface area (Å²) >= 11 is 0. The minimum absolute atomic E-state index is 0.430. The highest BCUT2D eigenvalue weighted by molar-refractivity contribution is 5.48. The fourth-order valence-corrected chi connectivity index (χ4v) is 2.75. The number of aromatic nitrogens is 4. The van der Waals surface area contributed by atoms with Gasteiger partial charge in [0, 0.05) is 45.5 Å². The molecule has 0 atom stereocenters. The molecule has 0 aliphatic carbocycles. The van der Waals surface area contributed by atoms with Crippen LogP contribution >= 0.6 is 0 Å². The maximum Gasteiger partial charge on any atom is 0.133 e. The van der Waals surface area contributed by atoms with E-state index in [1.54, 1.807) is 6.33 Å². The Kier molecular flexibility index (Phi) is 4.55. The normalized spacial score (nSPS) is 15.5. The van der Waals surface area contributed by atoms with Crippen LogP contribution in [-0.4, -0.2) is 53.2 Å². The summed E-state index contributed by atoms with van der Waals surface area (Å²) in [5.74, 6) is 3.64. The summed E-state index contributed by atoms with van der Waals surface area (Å²) in [5.41, 5.74) is 0. The lowest BCUT2D eigenvalue weighted by atomic mass is 10.1. The van der Waals surface area contributed by atoms with Crippen molar-refractivity contribution in [2.75, 3.05) is 42.3 Å². The highest BCUT2D eigenvalue weighted by Crippen LogP contribution is 2.20. The van der Waals surface area contributed by atoms with Crippen LogP contribution in [-0.2, 0) is 0 Å². The number of piperidine rings is 1. The molecule has 2 aromatic heterocycles. The zero-order valence-corrected chi connectivity index (χ0v) is 13.9. The summed E-state index contributed by atoms with van der Waals surface area (Å²) in [6.45, 7) is 3.90. The van der Waals surface area contributed by atoms with E-state index in [-0.39, 0.29) is 0 Å². The van der Waals surface area contributed by atoms with Gasteiger partial charge in [0.1, 0.15) is 29.6 Å². The number of anilines is 3. The number of aryl methyl sites for hydroxylation is 1. The third-order valence-electron chi connectivity index (χ3n) is 4.04. The van der Waals surface area contributed by atoms with Crippen LogP contribution in [0.25, 0.3) is 0 Å². The van der Waals surface area contributed by atoms with Crippen molar-refractivity contribution in [1.29, 1.82) is 0 Å². The van der Waals surface area contributed by atoms with Crippen LogP contribution in [0.5, 0.6) is 0 Å². The molecule has 122 valence electrons. The largest absolute Gasteiger partial charge is 0.367 e. The van der Waals surface area contributed by atoms with Crippen LogP contribution in [0.4, 0.5) is 17.5 Å². The third-order valence-corrected chi connectivity index (χ3v) is 4.04. The molecule has 7 heteroatoms. The smallest absolute Gasteiger partial charge is 0.133 e. The van der Waals surface area contributed by atoms with Crippen molar-refractivity contribution >= 4 is 17.5 Å². The Labute approximate surface area is 136 Å². The van der Waals surface area contributed by atoms with Gasteiger partial charge in [0.2, 0.25) is 0 Å². The molecule has 3 rings (SSSR count). The van der Waals surface area contributed by atoms with Gasteiger partial charge in [0.15, 0.2) is 0 Å². The highest BCUT2D eigenvalue weighted by Gasteiger charge is 2.20. The quantitative estimate of drug-likeness (QED) is 0.921. The zero-order chi connectivity index (χ0) is 16.2. The van der Waals surface area contributed by atoms with E-state index >= 15 is 0 Å². The Balaban J connectivity index is 1.58. The van der Waals surface area contributed by atoms with Gasteiger partial charge in [-0.2, -0.15) is 0 Å². The van der Waals surface area contributed by atoms with Crippen LogP contribution < -0.4 is 15.1 Å². The van der Waals surface area contributed by atoms with Crippen LogP contribution in [0, 0.1) is 6.92 Å². The lowest BCUT2D eigenvalue weighted by molar-refractivity contribution is 0.521. The van der Waals surface area contributed by atoms with Gasteiger partial charge in [0.05, 0.1) is 0 Å². The monoisotopic (exact) mass is 313 g/mol. The summed E-state index contributed by atoms with van der Waals surface area (Å²) < 4.78 is 0. The van der Waals surface area contributed by atoms with Gasteiger partial charge >= 0.3 is 0 Å². The van der Waals surface area contributed by atoms with Crippen molar-refractivity contribution in [3.05, 3.63) is 30.5 Å². The molecule has 0 saturated carbocycles. The standard InChI is InChI=1S/C16H23N7/c1-12-17-7-4-15(20-12)23-8-5-13(6-9-23)21-14-10-16(22(2)3)19-11-18-14/h4,7,10-11,13H,5-6,8-9H2,1-3H3,(H,18,19,21). The molecule has 0 bridgehead atoms. The van der Waals surface area contributed by atoms with E-state index in [1.165, 1.54) is 0 Å². The Morgan fingerprint density at radius 2 is 1.96 bits per heavy atom. The molecule has 0 spiro atoms. The van der Waals surface area contributed by atoms with E-state index in [1.807, 2.05) is 44.2 Å². The van der Waals surface area contributed by atoms with Crippen molar-refractivity contribution in [1.82, 2.24) is 19.9 Å². The number of nitrogens with one attached hydrogen (secondary N) is 1. The predicted molar refractivity (Wildman–Crippen MR) is 92.0 cm³/mol. The SMILES string of the molecule is Cc1nccc(N2CCC(Nc3cc(N(C)C)ncn3)CC2)n1. The molecule has 1 aliphatic heterocycles. The molecule has 2 aromatic rings. The van der Waals surface area contributed by atoms with E-state index < -0.39 is 0 Å². The zero-order valence-electron chi connectivity index (χ0n) is 13.9. The second kappa shape index (κ2) is 6.76. The second-order valence-corrected chi connectivity index (χ2v) is 6.02. The molecule has 1 saturated heterocycles. The van der Waals surface area contributed by atoms with E-state index in [4.69, 9.17) is 0 Å². The molecule has 23 heavy (non-hydrogen) atoms. The van der Waals surface area contributed by atoms with Crippen molar-refractivity contribution in [3.8, 4) is 0 Å². The van der Waals surface area contributed by atoms with Gasteiger partial charge in [-0.05, 0) is 25.8 Å². The van der Waals surface area contributed by atoms with Gasteiger partial charge in [-0.25, -0.2) is 19.9 Å². The Morgan fingerprint density at radius 3 is 2.65 bits per heavy atom. The predicted octanol–water partition coefficient (Wildman–Crippen LogP) is 1.72. The first-order valence-corrected chi connectivity index (χ1v) is 7.92. The van der Waals surface area contributed by atoms with Crippen LogP contribution in [0.1, 0.15) is 18.7 Å². The van der Waals surface area contributed by atoms with Crippen LogP contribution in [0.3, 0.4) is 0 Å². The van der Waals surface area contributed by atoms with Gasteiger partial charge in [-0.1, -0.05) is 0 Å². The Morgan fingerprint density at radius 1 is 1.17 bits per heavy atom. The van der Waals surface area contributed by atoms with E-state index in [0.717, 1.165) is 49.2 Å². The van der Waals surface area contributed by atoms with Gasteiger partial charge in [0.25, 0.3) is 0 Å². The number of hydrogen-bond donors (Lipinski definition) is 1. The molecule has 1 aliphatic rings. The summed E-state index contributed by atoms with van der Waals surface area (Å²) in [6, 6.07) is 4.40. The molecule has 0 amide bonds. The van der Waals surface area contributed by atoms with E-state index in [2.05, 4.69) is 30.2 Å². The average molecular weight is 313 g/mol. The molecular weight excluding hydrogens is 290 g/mol. The molecule has 1 N–H and O–H groups in total. The molecule has 0 unspecified atom stereocenters. The molecule has 1 fully saturated rings. The first-order valence-electron chi connectivity index (χ1n) is 7.92. The lowest BCUT2D eigenvalue weighted by Crippen LogP contribution is -2.39. The van der Waals surface area contributed by atoms with Crippen molar-refractivity contribution in [2.24, 2.45) is 0 Å². The lowest BCUT2D eigenvalue weighted by Gasteiger charge is -2.33. The summed E-state index contributed by atoms with van der Waals surface area (Å²) in [6.07, 6.45) is 5.55. The molecule has 7 nitrogen and oxygen atoms in total. The van der Waals surface area contributed by atoms with Crippen LogP contribution in [0.15, 0.2) is 24.7 Å². The van der Waals surface area contributed by atoms with Crippen molar-refractivity contribution in [3.63, 3.8) is 0 Å². The average Bonchev–Trinajstić information content (AvgIpc) is 2.56. The summed E-state index contributed by atoms with van der Waals surface area (Å²) in [5, 5.41) is 3.52. The topological polar surface area (TPSA) is 70.1 Å². The highest BCUT2D eigenvalue weighted by atomic mass is 15.2. The fourth-order valence-electron chi connectivity index (χ4n) is 2.75. The van der Waals surface area contributed by atoms with Crippen molar-refractivity contribution < 1.29 is 0 Å². The second-order valence-electron chi connectivity index (χ2n) is 6.02. The van der Waals surface area contributed by atoms with E-state index in [9.17, 15) is 0 Å². The summed E-state index contributed by atoms with van der Waals surface area (Å²) in [7, 11) is 3.96. The van der Waals surface area contributed by atoms with Crippen LogP contribution in [0.2, 0.25) is 0 Å². The third kappa shape index (κ3) is 3.85. The maximum atomic E-state index is 4.51. The number of hydrogen-bond acceptors (Lipinski definition) is 7. The molecule has 3 heterocycles. The van der Waals surface area contributed by atoms with E-state index in [0.29, 0.717) is 6.04 Å². The van der Waals surface area contributed by atoms with Gasteiger partial charge < -0.3 is 15.1 Å². The van der Waals surface area contributed by atoms with Crippen molar-refractivity contribution in [2.45, 2.75) is 25.8 Å². The molecule has 0 radical (unpaired) electrons. The Bertz CT molecular complexity index is 650. The minimum Gasteiger partial charge on any atom is -0.367 e. The van der Waals surface area contributed by atoms with Gasteiger partial charge in [-0.3, -0.25) is 0 Å². The first kappa shape index (κ1) is 15.5. The summed E-state index contributed by atoms with van der Waals surface area (Å²) in [4.78, 5) is 21.5. The number of rotatable bonds is 4. The first-order chi connectivity index (χ1) is 11.1.